The van der Waals surface area contributed by atoms with Gasteiger partial charge in [-0.15, -0.1) is 0 Å². The first-order valence-electron chi connectivity index (χ1n) is 11.1. The molecule has 2 aromatic carbocycles. The third kappa shape index (κ3) is 3.55. The summed E-state index contributed by atoms with van der Waals surface area (Å²) in [5.41, 5.74) is 2.65. The fraction of sp³-hybridized carbons (Fsp3) is 0.480. The van der Waals surface area contributed by atoms with Crippen molar-refractivity contribution < 1.29 is 4.79 Å². The second-order valence-electron chi connectivity index (χ2n) is 8.96. The molecule has 3 saturated heterocycles. The number of amides is 1. The fourth-order valence-electron chi connectivity index (χ4n) is 5.91. The highest BCUT2D eigenvalue weighted by atomic mass is 16.2. The number of para-hydroxylation sites is 1. The van der Waals surface area contributed by atoms with Gasteiger partial charge in [0, 0.05) is 57.3 Å². The first kappa shape index (κ1) is 18.7. The molecule has 2 aromatic rings. The molecule has 4 heteroatoms. The minimum atomic E-state index is 0.218. The van der Waals surface area contributed by atoms with E-state index in [2.05, 4.69) is 75.4 Å². The molecular formula is C25H31N3O. The Morgan fingerprint density at radius 2 is 1.52 bits per heavy atom. The second kappa shape index (κ2) is 7.83. The maximum atomic E-state index is 12.3. The van der Waals surface area contributed by atoms with Crippen LogP contribution < -0.4 is 4.90 Å². The monoisotopic (exact) mass is 389 g/mol. The molecule has 4 nitrogen and oxygen atoms in total. The third-order valence-electron chi connectivity index (χ3n) is 7.34. The van der Waals surface area contributed by atoms with Gasteiger partial charge in [-0.05, 0) is 36.5 Å². The predicted octanol–water partition coefficient (Wildman–Crippen LogP) is 3.81. The van der Waals surface area contributed by atoms with E-state index in [1.807, 2.05) is 0 Å². The molecule has 0 saturated carbocycles. The van der Waals surface area contributed by atoms with E-state index < -0.39 is 0 Å². The van der Waals surface area contributed by atoms with Crippen molar-refractivity contribution in [3.63, 3.8) is 0 Å². The lowest BCUT2D eigenvalue weighted by molar-refractivity contribution is -0.130. The van der Waals surface area contributed by atoms with Gasteiger partial charge in [-0.2, -0.15) is 0 Å². The molecular weight excluding hydrogens is 358 g/mol. The Hall–Kier alpha value is -2.33. The lowest BCUT2D eigenvalue weighted by Crippen LogP contribution is -2.45. The van der Waals surface area contributed by atoms with Crippen LogP contribution >= 0.6 is 0 Å². The molecule has 0 N–H and O–H groups in total. The Kier molecular flexibility index (Phi) is 5.04. The smallest absolute Gasteiger partial charge is 0.219 e. The van der Waals surface area contributed by atoms with Crippen molar-refractivity contribution >= 4 is 11.6 Å². The van der Waals surface area contributed by atoms with Crippen molar-refractivity contribution in [3.05, 3.63) is 66.2 Å². The van der Waals surface area contributed by atoms with Gasteiger partial charge >= 0.3 is 0 Å². The standard InChI is InChI=1S/C25H31N3O/c1-19(29)28-17-21-16-27(18-24(21)25(28)20-8-4-2-5-9-20)23-12-14-26(15-13-23)22-10-6-3-7-11-22/h2-11,21,23-25H,12-18H2,1H3/t21-,24-,25+/m1/s1. The number of benzene rings is 2. The Morgan fingerprint density at radius 3 is 2.17 bits per heavy atom. The van der Waals surface area contributed by atoms with Gasteiger partial charge in [0.2, 0.25) is 5.91 Å². The molecule has 3 fully saturated rings. The highest BCUT2D eigenvalue weighted by Gasteiger charge is 2.49. The van der Waals surface area contributed by atoms with Crippen molar-refractivity contribution in [2.24, 2.45) is 11.8 Å². The van der Waals surface area contributed by atoms with Crippen LogP contribution in [0.15, 0.2) is 60.7 Å². The van der Waals surface area contributed by atoms with E-state index >= 15 is 0 Å². The number of carbonyl (C=O) groups excluding carboxylic acids is 1. The van der Waals surface area contributed by atoms with E-state index in [0.717, 1.165) is 32.7 Å². The van der Waals surface area contributed by atoms with Crippen molar-refractivity contribution in [3.8, 4) is 0 Å². The van der Waals surface area contributed by atoms with Gasteiger partial charge in [0.05, 0.1) is 6.04 Å². The molecule has 3 aliphatic heterocycles. The Labute approximate surface area is 174 Å². The zero-order chi connectivity index (χ0) is 19.8. The van der Waals surface area contributed by atoms with Crippen LogP contribution in [0.5, 0.6) is 0 Å². The van der Waals surface area contributed by atoms with E-state index in [-0.39, 0.29) is 11.9 Å². The first-order valence-corrected chi connectivity index (χ1v) is 11.1. The average Bonchev–Trinajstić information content (AvgIpc) is 3.33. The quantitative estimate of drug-likeness (QED) is 0.799. The SMILES string of the molecule is CC(=O)N1C[C@H]2CN(C3CCN(c4ccccc4)CC3)C[C@H]2[C@@H]1c1ccccc1. The predicted molar refractivity (Wildman–Crippen MR) is 117 cm³/mol. The van der Waals surface area contributed by atoms with Crippen LogP contribution in [0.2, 0.25) is 0 Å². The molecule has 3 heterocycles. The summed E-state index contributed by atoms with van der Waals surface area (Å²) in [6, 6.07) is 22.4. The summed E-state index contributed by atoms with van der Waals surface area (Å²) in [5, 5.41) is 0. The van der Waals surface area contributed by atoms with Crippen LogP contribution in [0.25, 0.3) is 0 Å². The lowest BCUT2D eigenvalue weighted by atomic mass is 9.89. The summed E-state index contributed by atoms with van der Waals surface area (Å²) in [6.07, 6.45) is 2.47. The number of nitrogens with zero attached hydrogens (tertiary/aromatic N) is 3. The molecule has 0 unspecified atom stereocenters. The van der Waals surface area contributed by atoms with Crippen LogP contribution in [0.4, 0.5) is 5.69 Å². The Bertz CT molecular complexity index is 832. The average molecular weight is 390 g/mol. The summed E-state index contributed by atoms with van der Waals surface area (Å²) < 4.78 is 0. The first-order chi connectivity index (χ1) is 14.2. The minimum Gasteiger partial charge on any atom is -0.371 e. The zero-order valence-electron chi connectivity index (χ0n) is 17.3. The van der Waals surface area contributed by atoms with Crippen molar-refractivity contribution in [2.75, 3.05) is 37.6 Å². The van der Waals surface area contributed by atoms with Crippen LogP contribution in [0.1, 0.15) is 31.4 Å². The number of carbonyl (C=O) groups is 1. The highest BCUT2D eigenvalue weighted by molar-refractivity contribution is 5.74. The van der Waals surface area contributed by atoms with Gasteiger partial charge in [-0.3, -0.25) is 9.69 Å². The lowest BCUT2D eigenvalue weighted by Gasteiger charge is -2.39. The number of hydrogen-bond donors (Lipinski definition) is 0. The number of rotatable bonds is 3. The number of piperidine rings is 1. The summed E-state index contributed by atoms with van der Waals surface area (Å²) in [5.74, 6) is 1.39. The third-order valence-corrected chi connectivity index (χ3v) is 7.34. The summed E-state index contributed by atoms with van der Waals surface area (Å²) >= 11 is 0. The molecule has 0 radical (unpaired) electrons. The zero-order valence-corrected chi connectivity index (χ0v) is 17.3. The van der Waals surface area contributed by atoms with Crippen LogP contribution in [-0.2, 0) is 4.79 Å². The molecule has 152 valence electrons. The number of anilines is 1. The normalized spacial score (nSPS) is 28.0. The molecule has 0 spiro atoms. The fourth-order valence-corrected chi connectivity index (χ4v) is 5.91. The van der Waals surface area contributed by atoms with Crippen molar-refractivity contribution in [1.82, 2.24) is 9.80 Å². The van der Waals surface area contributed by atoms with Crippen LogP contribution in [0, 0.1) is 11.8 Å². The molecule has 29 heavy (non-hydrogen) atoms. The largest absolute Gasteiger partial charge is 0.371 e. The number of likely N-dealkylation sites (tertiary alicyclic amines) is 2. The number of hydrogen-bond acceptors (Lipinski definition) is 3. The minimum absolute atomic E-state index is 0.218. The van der Waals surface area contributed by atoms with Gasteiger partial charge in [0.1, 0.15) is 0 Å². The molecule has 5 rings (SSSR count). The van der Waals surface area contributed by atoms with Crippen molar-refractivity contribution in [1.29, 1.82) is 0 Å². The summed E-state index contributed by atoms with van der Waals surface area (Å²) in [6.45, 7) is 7.20. The maximum absolute atomic E-state index is 12.3. The second-order valence-corrected chi connectivity index (χ2v) is 8.96. The molecule has 0 aromatic heterocycles. The Balaban J connectivity index is 1.26. The van der Waals surface area contributed by atoms with Crippen molar-refractivity contribution in [2.45, 2.75) is 31.8 Å². The topological polar surface area (TPSA) is 26.8 Å². The van der Waals surface area contributed by atoms with Crippen LogP contribution in [0.3, 0.4) is 0 Å². The van der Waals surface area contributed by atoms with Gasteiger partial charge in [-0.1, -0.05) is 48.5 Å². The molecule has 0 aliphatic carbocycles. The van der Waals surface area contributed by atoms with E-state index in [9.17, 15) is 4.79 Å². The molecule has 0 bridgehead atoms. The van der Waals surface area contributed by atoms with E-state index in [1.54, 1.807) is 6.92 Å². The van der Waals surface area contributed by atoms with Gasteiger partial charge in [-0.25, -0.2) is 0 Å². The Morgan fingerprint density at radius 1 is 0.862 bits per heavy atom. The van der Waals surface area contributed by atoms with Gasteiger partial charge < -0.3 is 9.80 Å². The summed E-state index contributed by atoms with van der Waals surface area (Å²) in [4.78, 5) is 19.7. The van der Waals surface area contributed by atoms with E-state index in [4.69, 9.17) is 0 Å². The van der Waals surface area contributed by atoms with E-state index in [1.165, 1.54) is 24.1 Å². The van der Waals surface area contributed by atoms with Crippen LogP contribution in [-0.4, -0.2) is 54.5 Å². The molecule has 1 amide bonds. The summed E-state index contributed by atoms with van der Waals surface area (Å²) in [7, 11) is 0. The molecule has 3 aliphatic rings. The molecule has 3 atom stereocenters. The van der Waals surface area contributed by atoms with Gasteiger partial charge in [0.15, 0.2) is 0 Å². The maximum Gasteiger partial charge on any atom is 0.219 e. The van der Waals surface area contributed by atoms with Gasteiger partial charge in [0.25, 0.3) is 0 Å². The van der Waals surface area contributed by atoms with E-state index in [0.29, 0.717) is 17.9 Å². The highest BCUT2D eigenvalue weighted by Crippen LogP contribution is 2.46. The number of fused-ring (bicyclic) bond motifs is 1.